The Morgan fingerprint density at radius 3 is 2.77 bits per heavy atom. The summed E-state index contributed by atoms with van der Waals surface area (Å²) in [6, 6.07) is 6.02. The monoisotopic (exact) mass is 376 g/mol. The molecular formula is C18H21FN4O2S. The number of nitrogens with zero attached hydrogens (tertiary/aromatic N) is 3. The molecule has 2 aromatic rings. The van der Waals surface area contributed by atoms with Gasteiger partial charge in [-0.1, -0.05) is 37.3 Å². The Bertz CT molecular complexity index is 791. The van der Waals surface area contributed by atoms with E-state index >= 15 is 0 Å². The summed E-state index contributed by atoms with van der Waals surface area (Å²) in [6.07, 6.45) is 0.992. The van der Waals surface area contributed by atoms with Crippen LogP contribution in [0.5, 0.6) is 0 Å². The van der Waals surface area contributed by atoms with E-state index in [1.54, 1.807) is 17.0 Å². The molecule has 1 aliphatic heterocycles. The lowest BCUT2D eigenvalue weighted by atomic mass is 10.1. The summed E-state index contributed by atoms with van der Waals surface area (Å²) in [6.45, 7) is 4.92. The number of halogens is 1. The molecule has 0 bridgehead atoms. The maximum atomic E-state index is 13.0. The first-order valence-corrected chi connectivity index (χ1v) is 9.38. The molecule has 1 aromatic heterocycles. The first-order chi connectivity index (χ1) is 12.4. The van der Waals surface area contributed by atoms with E-state index in [1.165, 1.54) is 23.5 Å². The van der Waals surface area contributed by atoms with Crippen molar-refractivity contribution in [3.05, 3.63) is 40.7 Å². The van der Waals surface area contributed by atoms with Gasteiger partial charge in [-0.05, 0) is 23.6 Å². The molecule has 0 aliphatic carbocycles. The zero-order chi connectivity index (χ0) is 18.7. The lowest BCUT2D eigenvalue weighted by Crippen LogP contribution is -2.28. The number of amides is 2. The lowest BCUT2D eigenvalue weighted by Gasteiger charge is -2.16. The average molecular weight is 376 g/mol. The summed E-state index contributed by atoms with van der Waals surface area (Å²) >= 11 is 1.37. The molecule has 8 heteroatoms. The smallest absolute Gasteiger partial charge is 0.231 e. The number of benzene rings is 1. The molecule has 26 heavy (non-hydrogen) atoms. The highest BCUT2D eigenvalue weighted by Gasteiger charge is 2.34. The molecule has 0 radical (unpaired) electrons. The lowest BCUT2D eigenvalue weighted by molar-refractivity contribution is -0.128. The number of hydrogen-bond acceptors (Lipinski definition) is 5. The zero-order valence-electron chi connectivity index (χ0n) is 14.7. The van der Waals surface area contributed by atoms with Crippen molar-refractivity contribution in [3.63, 3.8) is 0 Å². The van der Waals surface area contributed by atoms with Crippen LogP contribution in [0, 0.1) is 17.7 Å². The van der Waals surface area contributed by atoms with E-state index in [0.717, 1.165) is 17.0 Å². The second-order valence-corrected chi connectivity index (χ2v) is 7.95. The molecule has 1 N–H and O–H groups in total. The van der Waals surface area contributed by atoms with E-state index in [2.05, 4.69) is 29.4 Å². The van der Waals surface area contributed by atoms with Crippen LogP contribution < -0.4 is 5.32 Å². The summed E-state index contributed by atoms with van der Waals surface area (Å²) in [5.41, 5.74) is 0.836. The maximum Gasteiger partial charge on any atom is 0.231 e. The van der Waals surface area contributed by atoms with Crippen molar-refractivity contribution in [1.82, 2.24) is 15.1 Å². The highest BCUT2D eigenvalue weighted by atomic mass is 32.1. The summed E-state index contributed by atoms with van der Waals surface area (Å²) in [7, 11) is 0. The van der Waals surface area contributed by atoms with E-state index in [0.29, 0.717) is 24.1 Å². The fourth-order valence-corrected chi connectivity index (χ4v) is 3.81. The third-order valence-corrected chi connectivity index (χ3v) is 5.01. The summed E-state index contributed by atoms with van der Waals surface area (Å²) < 4.78 is 13.0. The molecule has 0 saturated carbocycles. The van der Waals surface area contributed by atoms with Crippen molar-refractivity contribution in [2.75, 3.05) is 11.9 Å². The number of hydrogen-bond donors (Lipinski definition) is 1. The molecule has 138 valence electrons. The zero-order valence-corrected chi connectivity index (χ0v) is 15.6. The second-order valence-electron chi connectivity index (χ2n) is 6.89. The second kappa shape index (κ2) is 7.90. The molecule has 1 saturated heterocycles. The van der Waals surface area contributed by atoms with Gasteiger partial charge in [-0.25, -0.2) is 4.39 Å². The predicted molar refractivity (Wildman–Crippen MR) is 97.0 cm³/mol. The standard InChI is InChI=1S/C18H21FN4O2S/c1-11(2)7-15-21-22-18(26-15)20-17(25)13-8-16(24)23(10-13)9-12-3-5-14(19)6-4-12/h3-6,11,13H,7-10H2,1-2H3,(H,20,22,25). The Balaban J connectivity index is 1.56. The molecule has 1 unspecified atom stereocenters. The summed E-state index contributed by atoms with van der Waals surface area (Å²) in [4.78, 5) is 26.2. The van der Waals surface area contributed by atoms with Crippen LogP contribution in [0.2, 0.25) is 0 Å². The van der Waals surface area contributed by atoms with Gasteiger partial charge in [0.1, 0.15) is 10.8 Å². The molecule has 1 atom stereocenters. The first kappa shape index (κ1) is 18.4. The van der Waals surface area contributed by atoms with Gasteiger partial charge in [0, 0.05) is 25.9 Å². The molecule has 2 heterocycles. The van der Waals surface area contributed by atoms with Crippen LogP contribution in [-0.2, 0) is 22.6 Å². The number of nitrogens with one attached hydrogen (secondary N) is 1. The topological polar surface area (TPSA) is 75.2 Å². The normalized spacial score (nSPS) is 17.2. The van der Waals surface area contributed by atoms with Crippen molar-refractivity contribution < 1.29 is 14.0 Å². The van der Waals surface area contributed by atoms with Crippen molar-refractivity contribution >= 4 is 28.3 Å². The third kappa shape index (κ3) is 4.63. The van der Waals surface area contributed by atoms with E-state index in [9.17, 15) is 14.0 Å². The van der Waals surface area contributed by atoms with Crippen molar-refractivity contribution in [2.45, 2.75) is 33.2 Å². The minimum Gasteiger partial charge on any atom is -0.338 e. The maximum absolute atomic E-state index is 13.0. The van der Waals surface area contributed by atoms with Gasteiger partial charge < -0.3 is 10.2 Å². The van der Waals surface area contributed by atoms with Gasteiger partial charge >= 0.3 is 0 Å². The van der Waals surface area contributed by atoms with Gasteiger partial charge in [0.05, 0.1) is 5.92 Å². The number of likely N-dealkylation sites (tertiary alicyclic amines) is 1. The Morgan fingerprint density at radius 1 is 1.35 bits per heavy atom. The van der Waals surface area contributed by atoms with Crippen LogP contribution in [0.3, 0.4) is 0 Å². The minimum atomic E-state index is -0.416. The van der Waals surface area contributed by atoms with E-state index in [1.807, 2.05) is 0 Å². The fraction of sp³-hybridized carbons (Fsp3) is 0.444. The fourth-order valence-electron chi connectivity index (χ4n) is 2.85. The Hall–Kier alpha value is -2.35. The Labute approximate surface area is 155 Å². The summed E-state index contributed by atoms with van der Waals surface area (Å²) in [5, 5.41) is 12.2. The van der Waals surface area contributed by atoms with E-state index in [-0.39, 0.29) is 24.1 Å². The SMILES string of the molecule is CC(C)Cc1nnc(NC(=O)C2CC(=O)N(Cc3ccc(F)cc3)C2)s1. The number of rotatable bonds is 6. The number of anilines is 1. The minimum absolute atomic E-state index is 0.0766. The molecule has 6 nitrogen and oxygen atoms in total. The molecule has 3 rings (SSSR count). The first-order valence-electron chi connectivity index (χ1n) is 8.56. The van der Waals surface area contributed by atoms with Crippen molar-refractivity contribution in [3.8, 4) is 0 Å². The van der Waals surface area contributed by atoms with Crippen LogP contribution in [0.15, 0.2) is 24.3 Å². The number of aromatic nitrogens is 2. The van der Waals surface area contributed by atoms with Gasteiger partial charge in [0.15, 0.2) is 0 Å². The highest BCUT2D eigenvalue weighted by Crippen LogP contribution is 2.24. The van der Waals surface area contributed by atoms with Gasteiger partial charge in [-0.3, -0.25) is 9.59 Å². The van der Waals surface area contributed by atoms with Gasteiger partial charge in [-0.2, -0.15) is 0 Å². The molecule has 2 amide bonds. The molecule has 1 aromatic carbocycles. The predicted octanol–water partition coefficient (Wildman–Crippen LogP) is 2.86. The van der Waals surface area contributed by atoms with Gasteiger partial charge in [0.2, 0.25) is 16.9 Å². The van der Waals surface area contributed by atoms with Crippen LogP contribution in [-0.4, -0.2) is 33.5 Å². The number of carbonyl (C=O) groups is 2. The van der Waals surface area contributed by atoms with Crippen LogP contribution in [0.4, 0.5) is 9.52 Å². The quantitative estimate of drug-likeness (QED) is 0.841. The van der Waals surface area contributed by atoms with Crippen LogP contribution in [0.1, 0.15) is 30.8 Å². The largest absolute Gasteiger partial charge is 0.338 e. The van der Waals surface area contributed by atoms with Crippen molar-refractivity contribution in [2.24, 2.45) is 11.8 Å². The molecule has 1 fully saturated rings. The Morgan fingerprint density at radius 2 is 2.08 bits per heavy atom. The number of carbonyl (C=O) groups excluding carboxylic acids is 2. The highest BCUT2D eigenvalue weighted by molar-refractivity contribution is 7.15. The molecule has 1 aliphatic rings. The summed E-state index contributed by atoms with van der Waals surface area (Å²) in [5.74, 6) is -0.550. The molecular weight excluding hydrogens is 355 g/mol. The Kier molecular flexibility index (Phi) is 5.61. The third-order valence-electron chi connectivity index (χ3n) is 4.15. The van der Waals surface area contributed by atoms with Gasteiger partial charge in [-0.15, -0.1) is 10.2 Å². The van der Waals surface area contributed by atoms with E-state index < -0.39 is 5.92 Å². The van der Waals surface area contributed by atoms with Crippen LogP contribution >= 0.6 is 11.3 Å². The van der Waals surface area contributed by atoms with E-state index in [4.69, 9.17) is 0 Å². The van der Waals surface area contributed by atoms with Crippen LogP contribution in [0.25, 0.3) is 0 Å². The average Bonchev–Trinajstić information content (AvgIpc) is 3.16. The van der Waals surface area contributed by atoms with Crippen molar-refractivity contribution in [1.29, 1.82) is 0 Å². The molecule has 0 spiro atoms. The van der Waals surface area contributed by atoms with Gasteiger partial charge in [0.25, 0.3) is 0 Å².